The van der Waals surface area contributed by atoms with E-state index in [0.717, 1.165) is 25.7 Å². The van der Waals surface area contributed by atoms with E-state index < -0.39 is 12.2 Å². The number of carbonyl (C=O) groups is 1. The van der Waals surface area contributed by atoms with Gasteiger partial charge in [-0.1, -0.05) is 45.1 Å². The Morgan fingerprint density at radius 3 is 2.74 bits per heavy atom. The third kappa shape index (κ3) is 7.01. The zero-order chi connectivity index (χ0) is 19.3. The summed E-state index contributed by atoms with van der Waals surface area (Å²) in [6, 6.07) is 0. The van der Waals surface area contributed by atoms with E-state index in [1.807, 2.05) is 13.8 Å². The van der Waals surface area contributed by atoms with Crippen LogP contribution in [-0.4, -0.2) is 34.5 Å². The topological polar surface area (TPSA) is 66.8 Å². The third-order valence-electron chi connectivity index (χ3n) is 6.01. The number of aliphatic hydroxyl groups is 2. The van der Waals surface area contributed by atoms with Crippen molar-refractivity contribution in [1.82, 2.24) is 0 Å². The zero-order valence-corrected chi connectivity index (χ0v) is 19.4. The molecular formula is C22H35NaO4. The van der Waals surface area contributed by atoms with E-state index in [9.17, 15) is 15.0 Å². The molecule has 4 nitrogen and oxygen atoms in total. The van der Waals surface area contributed by atoms with Crippen LogP contribution in [0.3, 0.4) is 0 Å². The molecule has 0 amide bonds. The van der Waals surface area contributed by atoms with E-state index in [2.05, 4.69) is 32.1 Å². The summed E-state index contributed by atoms with van der Waals surface area (Å²) in [5.74, 6) is 0.739. The fourth-order valence-electron chi connectivity index (χ4n) is 4.20. The van der Waals surface area contributed by atoms with Crippen LogP contribution < -0.4 is 29.6 Å². The van der Waals surface area contributed by atoms with Crippen molar-refractivity contribution in [3.05, 3.63) is 30.7 Å². The number of fused-ring (bicyclic) bond motifs is 1. The molecule has 2 rings (SSSR count). The smallest absolute Gasteiger partial charge is 0.461 e. The number of rotatable bonds is 8. The van der Waals surface area contributed by atoms with E-state index in [-0.39, 0.29) is 53.5 Å². The standard InChI is InChI=1S/C22H35O4.Na/c1-5-14(2)22(25)26-20-8-6-7-17-10-9-15(3)19(21(17)20)12-11-18(24)13-16(4)23;/h7,9-10,14-16,18-21,23-24H,4-6,8,11-13H2,1-3H3;/q-1;+1/t14-,15-,16?,18?,19-,20?,21-;/m0./s1. The predicted octanol–water partition coefficient (Wildman–Crippen LogP) is 0.833. The van der Waals surface area contributed by atoms with Gasteiger partial charge >= 0.3 is 35.5 Å². The SMILES string of the molecule is [CH2-]C(O)CC(O)CC[C@@H]1[C@@H]2C(=CCCC2OC(=O)[C@@H](C)CC)C=C[C@@H]1C.[Na+]. The van der Waals surface area contributed by atoms with Crippen LogP contribution in [0.25, 0.3) is 0 Å². The molecule has 5 heteroatoms. The molecule has 27 heavy (non-hydrogen) atoms. The normalized spacial score (nSPS) is 30.4. The van der Waals surface area contributed by atoms with Crippen LogP contribution >= 0.6 is 0 Å². The van der Waals surface area contributed by atoms with Crippen LogP contribution in [0.5, 0.6) is 0 Å². The Morgan fingerprint density at radius 1 is 1.41 bits per heavy atom. The quantitative estimate of drug-likeness (QED) is 0.368. The van der Waals surface area contributed by atoms with Crippen LogP contribution in [0.1, 0.15) is 59.3 Å². The first kappa shape index (κ1) is 24.9. The van der Waals surface area contributed by atoms with Crippen LogP contribution in [0.2, 0.25) is 0 Å². The van der Waals surface area contributed by atoms with Crippen molar-refractivity contribution in [2.45, 2.75) is 77.6 Å². The molecule has 0 bridgehead atoms. The average molecular weight is 387 g/mol. The first-order chi connectivity index (χ1) is 12.3. The molecule has 0 aromatic heterocycles. The van der Waals surface area contributed by atoms with Gasteiger partial charge in [0.05, 0.1) is 12.0 Å². The number of aliphatic hydroxyl groups excluding tert-OH is 2. The number of carbonyl (C=O) groups excluding carboxylic acids is 1. The molecule has 2 aliphatic carbocycles. The second kappa shape index (κ2) is 11.8. The minimum Gasteiger partial charge on any atom is -0.461 e. The Labute approximate surface area is 186 Å². The monoisotopic (exact) mass is 386 g/mol. The van der Waals surface area contributed by atoms with Gasteiger partial charge in [0.1, 0.15) is 6.10 Å². The molecule has 148 valence electrons. The summed E-state index contributed by atoms with van der Waals surface area (Å²) in [5.41, 5.74) is 1.27. The van der Waals surface area contributed by atoms with Crippen LogP contribution in [0.15, 0.2) is 23.8 Å². The average Bonchev–Trinajstić information content (AvgIpc) is 2.59. The van der Waals surface area contributed by atoms with Crippen molar-refractivity contribution in [3.63, 3.8) is 0 Å². The number of ether oxygens (including phenoxy) is 1. The largest absolute Gasteiger partial charge is 1.00 e. The van der Waals surface area contributed by atoms with Crippen molar-refractivity contribution in [3.8, 4) is 0 Å². The molecule has 7 atom stereocenters. The van der Waals surface area contributed by atoms with Crippen molar-refractivity contribution < 1.29 is 49.3 Å². The summed E-state index contributed by atoms with van der Waals surface area (Å²) >= 11 is 0. The van der Waals surface area contributed by atoms with Crippen molar-refractivity contribution in [2.24, 2.45) is 23.7 Å². The fraction of sp³-hybridized carbons (Fsp3) is 0.727. The summed E-state index contributed by atoms with van der Waals surface area (Å²) in [6.45, 7) is 9.66. The molecule has 0 fully saturated rings. The Hall–Kier alpha value is -0.130. The Morgan fingerprint density at radius 2 is 2.11 bits per heavy atom. The van der Waals surface area contributed by atoms with Crippen LogP contribution in [-0.2, 0) is 9.53 Å². The molecule has 3 unspecified atom stereocenters. The van der Waals surface area contributed by atoms with Gasteiger partial charge in [-0.15, -0.1) is 0 Å². The van der Waals surface area contributed by atoms with Gasteiger partial charge in [0.25, 0.3) is 0 Å². The minimum atomic E-state index is -0.733. The molecule has 0 saturated carbocycles. The summed E-state index contributed by atoms with van der Waals surface area (Å²) < 4.78 is 5.94. The van der Waals surface area contributed by atoms with Gasteiger partial charge < -0.3 is 21.9 Å². The molecule has 0 saturated heterocycles. The molecule has 0 aromatic rings. The Bertz CT molecular complexity index is 528. The number of allylic oxidation sites excluding steroid dienone is 3. The van der Waals surface area contributed by atoms with Crippen molar-refractivity contribution in [2.75, 3.05) is 0 Å². The maximum absolute atomic E-state index is 12.4. The second-order valence-electron chi connectivity index (χ2n) is 8.09. The van der Waals surface area contributed by atoms with Gasteiger partial charge in [-0.25, -0.2) is 0 Å². The maximum Gasteiger partial charge on any atom is 1.00 e. The molecule has 0 radical (unpaired) electrons. The molecule has 0 spiro atoms. The van der Waals surface area contributed by atoms with Gasteiger partial charge in [0, 0.05) is 5.92 Å². The summed E-state index contributed by atoms with van der Waals surface area (Å²) in [7, 11) is 0. The number of hydrogen-bond donors (Lipinski definition) is 2. The molecule has 0 aliphatic heterocycles. The predicted molar refractivity (Wildman–Crippen MR) is 103 cm³/mol. The van der Waals surface area contributed by atoms with Gasteiger partial charge in [-0.05, 0) is 55.9 Å². The van der Waals surface area contributed by atoms with Gasteiger partial charge in [0.2, 0.25) is 0 Å². The van der Waals surface area contributed by atoms with Gasteiger partial charge in [-0.3, -0.25) is 4.79 Å². The first-order valence-electron chi connectivity index (χ1n) is 10.1. The molecule has 2 N–H and O–H groups in total. The Kier molecular flexibility index (Phi) is 10.9. The molecular weight excluding hydrogens is 351 g/mol. The Balaban J connectivity index is 0.00000364. The summed E-state index contributed by atoms with van der Waals surface area (Å²) in [6.07, 6.45) is 9.70. The first-order valence-corrected chi connectivity index (χ1v) is 10.1. The molecule has 2 aliphatic rings. The van der Waals surface area contributed by atoms with E-state index in [1.54, 1.807) is 0 Å². The van der Waals surface area contributed by atoms with Gasteiger partial charge in [0.15, 0.2) is 0 Å². The third-order valence-corrected chi connectivity index (χ3v) is 6.01. The van der Waals surface area contributed by atoms with Crippen LogP contribution in [0, 0.1) is 30.6 Å². The number of hydrogen-bond acceptors (Lipinski definition) is 4. The van der Waals surface area contributed by atoms with E-state index >= 15 is 0 Å². The fourth-order valence-corrected chi connectivity index (χ4v) is 4.20. The second-order valence-corrected chi connectivity index (χ2v) is 8.09. The van der Waals surface area contributed by atoms with E-state index in [1.165, 1.54) is 5.57 Å². The summed E-state index contributed by atoms with van der Waals surface area (Å²) in [5, 5.41) is 19.5. The molecule has 0 aromatic carbocycles. The number of esters is 1. The van der Waals surface area contributed by atoms with Crippen LogP contribution in [0.4, 0.5) is 0 Å². The molecule has 0 heterocycles. The summed E-state index contributed by atoms with van der Waals surface area (Å²) in [4.78, 5) is 12.4. The van der Waals surface area contributed by atoms with Crippen molar-refractivity contribution in [1.29, 1.82) is 0 Å². The maximum atomic E-state index is 12.4. The van der Waals surface area contributed by atoms with Gasteiger partial charge in [-0.2, -0.15) is 0 Å². The zero-order valence-electron chi connectivity index (χ0n) is 17.4. The van der Waals surface area contributed by atoms with E-state index in [0.29, 0.717) is 24.7 Å². The minimum absolute atomic E-state index is 0. The van der Waals surface area contributed by atoms with E-state index in [4.69, 9.17) is 4.74 Å². The van der Waals surface area contributed by atoms with Crippen molar-refractivity contribution >= 4 is 5.97 Å².